The Morgan fingerprint density at radius 1 is 0.958 bits per heavy atom. The van der Waals surface area contributed by atoms with Gasteiger partial charge in [0.25, 0.3) is 17.5 Å². The van der Waals surface area contributed by atoms with Gasteiger partial charge in [-0.3, -0.25) is 19.7 Å². The number of phenols is 1. The molecule has 0 bridgehead atoms. The fourth-order valence-corrected chi connectivity index (χ4v) is 1.99. The van der Waals surface area contributed by atoms with Gasteiger partial charge in [0.2, 0.25) is 0 Å². The molecule has 0 aromatic heterocycles. The number of rotatable bonds is 6. The Hall–Kier alpha value is -3.42. The monoisotopic (exact) mass is 329 g/mol. The number of amides is 2. The van der Waals surface area contributed by atoms with Crippen LogP contribution < -0.4 is 10.6 Å². The van der Waals surface area contributed by atoms with E-state index in [-0.39, 0.29) is 36.0 Å². The molecule has 0 spiro atoms. The van der Waals surface area contributed by atoms with Gasteiger partial charge in [0.1, 0.15) is 11.3 Å². The van der Waals surface area contributed by atoms with Gasteiger partial charge in [-0.2, -0.15) is 0 Å². The highest BCUT2D eigenvalue weighted by atomic mass is 16.6. The third-order valence-corrected chi connectivity index (χ3v) is 3.17. The Morgan fingerprint density at radius 2 is 1.54 bits per heavy atom. The van der Waals surface area contributed by atoms with Crippen LogP contribution in [-0.2, 0) is 0 Å². The molecule has 0 heterocycles. The fourth-order valence-electron chi connectivity index (χ4n) is 1.99. The molecule has 0 saturated carbocycles. The first-order valence-corrected chi connectivity index (χ1v) is 7.08. The molecule has 0 saturated heterocycles. The number of nitrogens with one attached hydrogen (secondary N) is 2. The van der Waals surface area contributed by atoms with Gasteiger partial charge in [-0.1, -0.05) is 12.1 Å². The largest absolute Gasteiger partial charge is 0.508 e. The molecule has 2 aromatic carbocycles. The molecule has 0 radical (unpaired) electrons. The average Bonchev–Trinajstić information content (AvgIpc) is 2.58. The molecule has 0 atom stereocenters. The summed E-state index contributed by atoms with van der Waals surface area (Å²) in [4.78, 5) is 34.0. The number of carbonyl (C=O) groups is 2. The molecule has 0 aliphatic rings. The number of para-hydroxylation sites is 1. The van der Waals surface area contributed by atoms with Crippen molar-refractivity contribution in [1.82, 2.24) is 10.6 Å². The van der Waals surface area contributed by atoms with Crippen molar-refractivity contribution in [1.29, 1.82) is 0 Å². The van der Waals surface area contributed by atoms with Gasteiger partial charge in [-0.15, -0.1) is 0 Å². The van der Waals surface area contributed by atoms with Crippen molar-refractivity contribution in [3.05, 3.63) is 69.8 Å². The van der Waals surface area contributed by atoms with Crippen molar-refractivity contribution >= 4 is 17.5 Å². The third-order valence-electron chi connectivity index (χ3n) is 3.17. The zero-order valence-electron chi connectivity index (χ0n) is 12.6. The quantitative estimate of drug-likeness (QED) is 0.421. The van der Waals surface area contributed by atoms with Gasteiger partial charge in [-0.25, -0.2) is 0 Å². The van der Waals surface area contributed by atoms with E-state index in [2.05, 4.69) is 10.6 Å². The Kier molecular flexibility index (Phi) is 5.45. The minimum absolute atomic E-state index is 0.0349. The number of nitro benzene ring substituents is 1. The zero-order valence-corrected chi connectivity index (χ0v) is 12.6. The van der Waals surface area contributed by atoms with Crippen molar-refractivity contribution in [2.45, 2.75) is 0 Å². The molecule has 3 N–H and O–H groups in total. The van der Waals surface area contributed by atoms with E-state index in [1.807, 2.05) is 0 Å². The number of aromatic hydroxyl groups is 1. The molecule has 8 heteroatoms. The third kappa shape index (κ3) is 4.29. The predicted molar refractivity (Wildman–Crippen MR) is 85.9 cm³/mol. The maximum atomic E-state index is 12.0. The van der Waals surface area contributed by atoms with Gasteiger partial charge >= 0.3 is 0 Å². The summed E-state index contributed by atoms with van der Waals surface area (Å²) >= 11 is 0. The van der Waals surface area contributed by atoms with Gasteiger partial charge < -0.3 is 15.7 Å². The highest BCUT2D eigenvalue weighted by Gasteiger charge is 2.18. The Morgan fingerprint density at radius 3 is 2.17 bits per heavy atom. The Bertz CT molecular complexity index is 759. The standard InChI is InChI=1S/C16H15N3O5/c20-12-7-5-11(6-8-12)15(21)17-9-10-18-16(22)13-3-1-2-4-14(13)19(23)24/h1-8,20H,9-10H2,(H,17,21)(H,18,22). The molecular weight excluding hydrogens is 314 g/mol. The topological polar surface area (TPSA) is 122 Å². The van der Waals surface area contributed by atoms with Crippen LogP contribution >= 0.6 is 0 Å². The number of carbonyl (C=O) groups excluding carboxylic acids is 2. The molecule has 124 valence electrons. The normalized spacial score (nSPS) is 10.0. The molecule has 0 unspecified atom stereocenters. The first-order chi connectivity index (χ1) is 11.5. The van der Waals surface area contributed by atoms with Crippen LogP contribution in [0, 0.1) is 10.1 Å². The van der Waals surface area contributed by atoms with E-state index in [0.29, 0.717) is 5.56 Å². The molecule has 24 heavy (non-hydrogen) atoms. The molecule has 0 fully saturated rings. The van der Waals surface area contributed by atoms with E-state index < -0.39 is 10.8 Å². The van der Waals surface area contributed by atoms with Crippen molar-refractivity contribution < 1.29 is 19.6 Å². The predicted octanol–water partition coefficient (Wildman–Crippen LogP) is 1.46. The number of nitrogens with zero attached hydrogens (tertiary/aromatic N) is 1. The summed E-state index contributed by atoms with van der Waals surface area (Å²) in [5.41, 5.74) is 0.0633. The van der Waals surface area contributed by atoms with Crippen LogP contribution in [0.3, 0.4) is 0 Å². The molecule has 0 aliphatic carbocycles. The summed E-state index contributed by atoms with van der Waals surface area (Å²) in [6.07, 6.45) is 0. The van der Waals surface area contributed by atoms with Gasteiger partial charge in [0.05, 0.1) is 4.92 Å². The van der Waals surface area contributed by atoms with Crippen LogP contribution in [0.2, 0.25) is 0 Å². The number of benzene rings is 2. The highest BCUT2D eigenvalue weighted by Crippen LogP contribution is 2.17. The lowest BCUT2D eigenvalue weighted by Gasteiger charge is -2.07. The lowest BCUT2D eigenvalue weighted by atomic mass is 10.1. The number of hydrogen-bond acceptors (Lipinski definition) is 5. The smallest absolute Gasteiger partial charge is 0.282 e. The molecule has 8 nitrogen and oxygen atoms in total. The molecule has 2 amide bonds. The van der Waals surface area contributed by atoms with E-state index in [4.69, 9.17) is 5.11 Å². The average molecular weight is 329 g/mol. The van der Waals surface area contributed by atoms with Gasteiger partial charge in [0, 0.05) is 24.7 Å². The summed E-state index contributed by atoms with van der Waals surface area (Å²) < 4.78 is 0. The summed E-state index contributed by atoms with van der Waals surface area (Å²) in [6.45, 7) is 0.279. The van der Waals surface area contributed by atoms with Crippen molar-refractivity contribution in [3.63, 3.8) is 0 Å². The van der Waals surface area contributed by atoms with Crippen molar-refractivity contribution in [2.24, 2.45) is 0 Å². The van der Waals surface area contributed by atoms with E-state index >= 15 is 0 Å². The molecular formula is C16H15N3O5. The zero-order chi connectivity index (χ0) is 17.5. The second-order valence-corrected chi connectivity index (χ2v) is 4.83. The van der Waals surface area contributed by atoms with Gasteiger partial charge in [-0.05, 0) is 30.3 Å². The Labute approximate surface area is 137 Å². The minimum atomic E-state index is -0.624. The fraction of sp³-hybridized carbons (Fsp3) is 0.125. The van der Waals surface area contributed by atoms with Crippen LogP contribution in [0.15, 0.2) is 48.5 Å². The summed E-state index contributed by atoms with van der Waals surface area (Å²) in [7, 11) is 0. The number of hydrogen-bond donors (Lipinski definition) is 3. The maximum absolute atomic E-state index is 12.0. The van der Waals surface area contributed by atoms with Crippen LogP contribution in [0.4, 0.5) is 5.69 Å². The van der Waals surface area contributed by atoms with Gasteiger partial charge in [0.15, 0.2) is 0 Å². The molecule has 2 aromatic rings. The highest BCUT2D eigenvalue weighted by molar-refractivity contribution is 5.98. The second kappa shape index (κ2) is 7.73. The van der Waals surface area contributed by atoms with E-state index in [0.717, 1.165) is 0 Å². The molecule has 2 rings (SSSR count). The first-order valence-electron chi connectivity index (χ1n) is 7.08. The second-order valence-electron chi connectivity index (χ2n) is 4.83. The maximum Gasteiger partial charge on any atom is 0.282 e. The Balaban J connectivity index is 1.84. The van der Waals surface area contributed by atoms with Crippen molar-refractivity contribution in [3.8, 4) is 5.75 Å². The van der Waals surface area contributed by atoms with E-state index in [1.54, 1.807) is 0 Å². The van der Waals surface area contributed by atoms with Crippen LogP contribution in [-0.4, -0.2) is 34.9 Å². The van der Waals surface area contributed by atoms with Crippen LogP contribution in [0.25, 0.3) is 0 Å². The first kappa shape index (κ1) is 16.9. The van der Waals surface area contributed by atoms with Crippen LogP contribution in [0.1, 0.15) is 20.7 Å². The van der Waals surface area contributed by atoms with Crippen molar-refractivity contribution in [2.75, 3.05) is 13.1 Å². The van der Waals surface area contributed by atoms with Crippen LogP contribution in [0.5, 0.6) is 5.75 Å². The molecule has 0 aliphatic heterocycles. The SMILES string of the molecule is O=C(NCCNC(=O)c1ccccc1[N+](=O)[O-])c1ccc(O)cc1. The number of nitro groups is 1. The van der Waals surface area contributed by atoms with E-state index in [1.165, 1.54) is 48.5 Å². The minimum Gasteiger partial charge on any atom is -0.508 e. The lowest BCUT2D eigenvalue weighted by molar-refractivity contribution is -0.385. The summed E-state index contributed by atoms with van der Waals surface area (Å²) in [6, 6.07) is 11.4. The number of phenolic OH excluding ortho intramolecular Hbond substituents is 1. The lowest BCUT2D eigenvalue weighted by Crippen LogP contribution is -2.34. The summed E-state index contributed by atoms with van der Waals surface area (Å²) in [5.74, 6) is -0.876. The van der Waals surface area contributed by atoms with E-state index in [9.17, 15) is 19.7 Å². The summed E-state index contributed by atoms with van der Waals surface area (Å²) in [5, 5.41) is 25.1.